The molecule has 0 aliphatic heterocycles. The van der Waals surface area contributed by atoms with Crippen molar-refractivity contribution in [3.05, 3.63) is 47.3 Å². The zero-order valence-corrected chi connectivity index (χ0v) is 12.2. The van der Waals surface area contributed by atoms with Gasteiger partial charge in [0.2, 0.25) is 5.82 Å². The highest BCUT2D eigenvalue weighted by Crippen LogP contribution is 2.27. The molecule has 5 nitrogen and oxygen atoms in total. The van der Waals surface area contributed by atoms with Crippen molar-refractivity contribution in [3.63, 3.8) is 0 Å². The topological polar surface area (TPSA) is 77.8 Å². The standard InChI is InChI=1S/C16H16N4O/c1-9-4-5-14(17)13(6-9)16-19-15(20-21-16)12-7-10(2)18-11(3)8-12/h4-8H,17H2,1-3H3. The van der Waals surface area contributed by atoms with E-state index in [4.69, 9.17) is 10.3 Å². The first-order valence-corrected chi connectivity index (χ1v) is 6.69. The molecule has 0 saturated heterocycles. The van der Waals surface area contributed by atoms with Crippen LogP contribution in [0, 0.1) is 20.8 Å². The normalized spacial score (nSPS) is 10.8. The third-order valence-corrected chi connectivity index (χ3v) is 3.20. The molecule has 5 heteroatoms. The highest BCUT2D eigenvalue weighted by molar-refractivity contribution is 5.72. The maximum Gasteiger partial charge on any atom is 0.260 e. The number of pyridine rings is 1. The second-order valence-corrected chi connectivity index (χ2v) is 5.15. The number of hydrogen-bond donors (Lipinski definition) is 1. The SMILES string of the molecule is Cc1ccc(N)c(-c2nc(-c3cc(C)nc(C)c3)no2)c1. The molecule has 0 atom stereocenters. The summed E-state index contributed by atoms with van der Waals surface area (Å²) in [5.41, 5.74) is 11.2. The van der Waals surface area contributed by atoms with Gasteiger partial charge in [0.25, 0.3) is 5.89 Å². The number of nitrogens with two attached hydrogens (primary N) is 1. The van der Waals surface area contributed by atoms with E-state index in [9.17, 15) is 0 Å². The van der Waals surface area contributed by atoms with Gasteiger partial charge >= 0.3 is 0 Å². The minimum absolute atomic E-state index is 0.429. The zero-order valence-electron chi connectivity index (χ0n) is 12.2. The monoisotopic (exact) mass is 280 g/mol. The summed E-state index contributed by atoms with van der Waals surface area (Å²) in [6.45, 7) is 5.88. The smallest absolute Gasteiger partial charge is 0.260 e. The number of hydrogen-bond acceptors (Lipinski definition) is 5. The Morgan fingerprint density at radius 2 is 1.67 bits per heavy atom. The van der Waals surface area contributed by atoms with Crippen molar-refractivity contribution in [1.82, 2.24) is 15.1 Å². The summed E-state index contributed by atoms with van der Waals surface area (Å²) in [6.07, 6.45) is 0. The molecule has 0 aliphatic rings. The molecule has 0 aliphatic carbocycles. The van der Waals surface area contributed by atoms with Crippen molar-refractivity contribution < 1.29 is 4.52 Å². The molecule has 0 spiro atoms. The fourth-order valence-corrected chi connectivity index (χ4v) is 2.27. The van der Waals surface area contributed by atoms with Gasteiger partial charge in [-0.15, -0.1) is 0 Å². The van der Waals surface area contributed by atoms with Crippen LogP contribution in [0.1, 0.15) is 17.0 Å². The summed E-state index contributed by atoms with van der Waals surface area (Å²) in [4.78, 5) is 8.79. The minimum atomic E-state index is 0.429. The minimum Gasteiger partial charge on any atom is -0.398 e. The lowest BCUT2D eigenvalue weighted by Gasteiger charge is -2.01. The molecule has 2 heterocycles. The third-order valence-electron chi connectivity index (χ3n) is 3.20. The Labute approximate surface area is 122 Å². The largest absolute Gasteiger partial charge is 0.398 e. The van der Waals surface area contributed by atoms with E-state index in [-0.39, 0.29) is 0 Å². The van der Waals surface area contributed by atoms with Crippen LogP contribution in [0.15, 0.2) is 34.9 Å². The average molecular weight is 280 g/mol. The second-order valence-electron chi connectivity index (χ2n) is 5.15. The highest BCUT2D eigenvalue weighted by atomic mass is 16.5. The number of anilines is 1. The Bertz CT molecular complexity index is 788. The lowest BCUT2D eigenvalue weighted by Crippen LogP contribution is -1.91. The van der Waals surface area contributed by atoms with Crippen molar-refractivity contribution in [2.24, 2.45) is 0 Å². The van der Waals surface area contributed by atoms with Gasteiger partial charge < -0.3 is 10.3 Å². The summed E-state index contributed by atoms with van der Waals surface area (Å²) in [7, 11) is 0. The van der Waals surface area contributed by atoms with E-state index >= 15 is 0 Å². The van der Waals surface area contributed by atoms with Crippen LogP contribution >= 0.6 is 0 Å². The fraction of sp³-hybridized carbons (Fsp3) is 0.188. The van der Waals surface area contributed by atoms with E-state index in [0.29, 0.717) is 17.4 Å². The Morgan fingerprint density at radius 3 is 2.38 bits per heavy atom. The van der Waals surface area contributed by atoms with Crippen LogP contribution < -0.4 is 5.73 Å². The predicted octanol–water partition coefficient (Wildman–Crippen LogP) is 3.31. The van der Waals surface area contributed by atoms with E-state index in [0.717, 1.165) is 28.1 Å². The molecule has 2 N–H and O–H groups in total. The molecule has 21 heavy (non-hydrogen) atoms. The lowest BCUT2D eigenvalue weighted by atomic mass is 10.1. The molecule has 0 unspecified atom stereocenters. The Balaban J connectivity index is 2.05. The van der Waals surface area contributed by atoms with Gasteiger partial charge in [0.1, 0.15) is 0 Å². The maximum atomic E-state index is 5.98. The molecule has 0 amide bonds. The van der Waals surface area contributed by atoms with E-state index in [1.165, 1.54) is 0 Å². The first kappa shape index (κ1) is 13.3. The maximum absolute atomic E-state index is 5.98. The predicted molar refractivity (Wildman–Crippen MR) is 81.6 cm³/mol. The van der Waals surface area contributed by atoms with Crippen LogP contribution in [0.2, 0.25) is 0 Å². The summed E-state index contributed by atoms with van der Waals surface area (Å²) in [5.74, 6) is 0.970. The number of rotatable bonds is 2. The van der Waals surface area contributed by atoms with Gasteiger partial charge in [-0.1, -0.05) is 16.8 Å². The molecule has 106 valence electrons. The number of aromatic nitrogens is 3. The van der Waals surface area contributed by atoms with E-state index < -0.39 is 0 Å². The molecule has 0 bridgehead atoms. The molecule has 0 fully saturated rings. The van der Waals surface area contributed by atoms with Crippen molar-refractivity contribution >= 4 is 5.69 Å². The highest BCUT2D eigenvalue weighted by Gasteiger charge is 2.14. The van der Waals surface area contributed by atoms with Gasteiger partial charge in [-0.2, -0.15) is 4.98 Å². The van der Waals surface area contributed by atoms with Gasteiger partial charge in [-0.05, 0) is 45.0 Å². The summed E-state index contributed by atoms with van der Waals surface area (Å²) >= 11 is 0. The molecule has 3 rings (SSSR count). The summed E-state index contributed by atoms with van der Waals surface area (Å²) in [5, 5.41) is 4.05. The Hall–Kier alpha value is -2.69. The number of aryl methyl sites for hydroxylation is 3. The van der Waals surface area contributed by atoms with Gasteiger partial charge in [0.05, 0.1) is 5.56 Å². The second kappa shape index (κ2) is 5.01. The lowest BCUT2D eigenvalue weighted by molar-refractivity contribution is 0.432. The van der Waals surface area contributed by atoms with Crippen molar-refractivity contribution in [1.29, 1.82) is 0 Å². The molecule has 3 aromatic rings. The Kier molecular flexibility index (Phi) is 3.17. The van der Waals surface area contributed by atoms with Crippen molar-refractivity contribution in [3.8, 4) is 22.8 Å². The quantitative estimate of drug-likeness (QED) is 0.729. The van der Waals surface area contributed by atoms with Crippen LogP contribution in [0.4, 0.5) is 5.69 Å². The van der Waals surface area contributed by atoms with Crippen LogP contribution in [-0.4, -0.2) is 15.1 Å². The fourth-order valence-electron chi connectivity index (χ4n) is 2.27. The third kappa shape index (κ3) is 2.63. The molecule has 0 saturated carbocycles. The average Bonchev–Trinajstić information content (AvgIpc) is 2.90. The van der Waals surface area contributed by atoms with Gasteiger partial charge in [0.15, 0.2) is 0 Å². The van der Waals surface area contributed by atoms with E-state index in [1.807, 2.05) is 51.1 Å². The van der Waals surface area contributed by atoms with Crippen molar-refractivity contribution in [2.45, 2.75) is 20.8 Å². The Morgan fingerprint density at radius 1 is 0.952 bits per heavy atom. The zero-order chi connectivity index (χ0) is 15.0. The number of benzene rings is 1. The number of nitrogens with zero attached hydrogens (tertiary/aromatic N) is 3. The first-order valence-electron chi connectivity index (χ1n) is 6.69. The van der Waals surface area contributed by atoms with Crippen LogP contribution in [0.5, 0.6) is 0 Å². The summed E-state index contributed by atoms with van der Waals surface area (Å²) < 4.78 is 5.36. The summed E-state index contributed by atoms with van der Waals surface area (Å²) in [6, 6.07) is 9.60. The van der Waals surface area contributed by atoms with E-state index in [2.05, 4.69) is 15.1 Å². The van der Waals surface area contributed by atoms with Crippen LogP contribution in [0.25, 0.3) is 22.8 Å². The van der Waals surface area contributed by atoms with Crippen molar-refractivity contribution in [2.75, 3.05) is 5.73 Å². The van der Waals surface area contributed by atoms with Gasteiger partial charge in [-0.3, -0.25) is 4.98 Å². The molecule has 1 aromatic carbocycles. The number of nitrogen functional groups attached to an aromatic ring is 1. The van der Waals surface area contributed by atoms with Gasteiger partial charge in [0, 0.05) is 22.6 Å². The first-order chi connectivity index (χ1) is 10.0. The van der Waals surface area contributed by atoms with Crippen LogP contribution in [0.3, 0.4) is 0 Å². The molecular formula is C16H16N4O. The molecular weight excluding hydrogens is 264 g/mol. The molecule has 0 radical (unpaired) electrons. The van der Waals surface area contributed by atoms with Gasteiger partial charge in [-0.25, -0.2) is 0 Å². The van der Waals surface area contributed by atoms with E-state index in [1.54, 1.807) is 0 Å². The van der Waals surface area contributed by atoms with Crippen LogP contribution in [-0.2, 0) is 0 Å². The molecule has 2 aromatic heterocycles.